The summed E-state index contributed by atoms with van der Waals surface area (Å²) in [6.45, 7) is 3.12. The maximum Gasteiger partial charge on any atom is 0.339 e. The van der Waals surface area contributed by atoms with Crippen molar-refractivity contribution in [2.45, 2.75) is 26.3 Å². The second-order valence-electron chi connectivity index (χ2n) is 5.07. The van der Waals surface area contributed by atoms with Crippen molar-refractivity contribution < 1.29 is 23.8 Å². The van der Waals surface area contributed by atoms with Gasteiger partial charge in [0.1, 0.15) is 17.1 Å². The topological polar surface area (TPSA) is 80.0 Å². The zero-order chi connectivity index (χ0) is 14.7. The Bertz CT molecular complexity index is 502. The molecule has 0 bridgehead atoms. The predicted molar refractivity (Wildman–Crippen MR) is 70.4 cm³/mol. The van der Waals surface area contributed by atoms with E-state index in [0.29, 0.717) is 24.7 Å². The first-order valence-electron chi connectivity index (χ1n) is 6.64. The first-order chi connectivity index (χ1) is 9.49. The molecule has 1 fully saturated rings. The van der Waals surface area contributed by atoms with Gasteiger partial charge in [-0.25, -0.2) is 4.79 Å². The number of hydrogen-bond acceptors (Lipinski definition) is 4. The number of nitrogens with zero attached hydrogens (tertiary/aromatic N) is 1. The molecule has 0 unspecified atom stereocenters. The third kappa shape index (κ3) is 3.19. The molecule has 0 radical (unpaired) electrons. The first kappa shape index (κ1) is 14.6. The van der Waals surface area contributed by atoms with Crippen LogP contribution < -0.4 is 0 Å². The number of aryl methyl sites for hydroxylation is 1. The third-order valence-corrected chi connectivity index (χ3v) is 3.54. The average Bonchev–Trinajstić information content (AvgIpc) is 2.79. The summed E-state index contributed by atoms with van der Waals surface area (Å²) in [4.78, 5) is 24.8. The number of ether oxygens (including phenoxy) is 1. The molecule has 20 heavy (non-hydrogen) atoms. The van der Waals surface area contributed by atoms with Crippen LogP contribution in [0.3, 0.4) is 0 Å². The van der Waals surface area contributed by atoms with Gasteiger partial charge >= 0.3 is 5.97 Å². The van der Waals surface area contributed by atoms with Gasteiger partial charge in [-0.15, -0.1) is 0 Å². The fourth-order valence-corrected chi connectivity index (χ4v) is 2.40. The molecule has 2 heterocycles. The largest absolute Gasteiger partial charge is 0.478 e. The number of rotatable bonds is 4. The predicted octanol–water partition coefficient (Wildman–Crippen LogP) is 1.67. The molecule has 1 aliphatic rings. The number of furan rings is 1. The van der Waals surface area contributed by atoms with Gasteiger partial charge in [0.15, 0.2) is 0 Å². The molecule has 6 nitrogen and oxygen atoms in total. The number of carbonyl (C=O) groups excluding carboxylic acids is 1. The number of aromatic carboxylic acids is 1. The molecule has 1 aliphatic heterocycles. The summed E-state index contributed by atoms with van der Waals surface area (Å²) in [6, 6.07) is 1.48. The second kappa shape index (κ2) is 6.09. The van der Waals surface area contributed by atoms with E-state index in [2.05, 4.69) is 0 Å². The van der Waals surface area contributed by atoms with Crippen LogP contribution in [-0.2, 0) is 16.1 Å². The number of carbonyl (C=O) groups is 2. The van der Waals surface area contributed by atoms with Crippen molar-refractivity contribution in [1.82, 2.24) is 4.90 Å². The Morgan fingerprint density at radius 3 is 2.60 bits per heavy atom. The minimum atomic E-state index is -1.02. The van der Waals surface area contributed by atoms with Gasteiger partial charge in [-0.3, -0.25) is 4.79 Å². The van der Waals surface area contributed by atoms with Crippen LogP contribution in [0.5, 0.6) is 0 Å². The van der Waals surface area contributed by atoms with E-state index in [4.69, 9.17) is 14.3 Å². The van der Waals surface area contributed by atoms with E-state index in [0.717, 1.165) is 12.8 Å². The molecule has 2 rings (SSSR count). The minimum absolute atomic E-state index is 0.0104. The molecule has 1 saturated heterocycles. The molecule has 6 heteroatoms. The Kier molecular flexibility index (Phi) is 4.44. The van der Waals surface area contributed by atoms with Crippen molar-refractivity contribution >= 4 is 11.9 Å². The number of carboxylic acids is 1. The highest BCUT2D eigenvalue weighted by Gasteiger charge is 2.25. The van der Waals surface area contributed by atoms with Gasteiger partial charge in [-0.2, -0.15) is 0 Å². The quantitative estimate of drug-likeness (QED) is 0.908. The van der Waals surface area contributed by atoms with Crippen molar-refractivity contribution in [1.29, 1.82) is 0 Å². The van der Waals surface area contributed by atoms with Gasteiger partial charge in [0.25, 0.3) is 0 Å². The Labute approximate surface area is 117 Å². The number of hydrogen-bond donors (Lipinski definition) is 1. The first-order valence-corrected chi connectivity index (χ1v) is 6.64. The normalized spacial score (nSPS) is 16.1. The van der Waals surface area contributed by atoms with Gasteiger partial charge in [0.05, 0.1) is 6.54 Å². The van der Waals surface area contributed by atoms with E-state index in [9.17, 15) is 9.59 Å². The van der Waals surface area contributed by atoms with E-state index >= 15 is 0 Å². The molecule has 0 saturated carbocycles. The van der Waals surface area contributed by atoms with Crippen LogP contribution in [0.25, 0.3) is 0 Å². The van der Waals surface area contributed by atoms with Crippen molar-refractivity contribution in [3.05, 3.63) is 23.2 Å². The van der Waals surface area contributed by atoms with Crippen LogP contribution in [0, 0.1) is 12.8 Å². The Morgan fingerprint density at radius 2 is 2.05 bits per heavy atom. The fraction of sp³-hybridized carbons (Fsp3) is 0.571. The summed E-state index contributed by atoms with van der Waals surface area (Å²) in [5.41, 5.74) is 0.145. The van der Waals surface area contributed by atoms with Crippen LogP contribution in [0.15, 0.2) is 10.5 Å². The Morgan fingerprint density at radius 1 is 1.40 bits per heavy atom. The summed E-state index contributed by atoms with van der Waals surface area (Å²) < 4.78 is 10.6. The maximum absolute atomic E-state index is 12.2. The zero-order valence-electron chi connectivity index (χ0n) is 11.7. The van der Waals surface area contributed by atoms with Gasteiger partial charge in [0, 0.05) is 26.2 Å². The summed E-state index contributed by atoms with van der Waals surface area (Å²) in [7, 11) is 1.70. The lowest BCUT2D eigenvalue weighted by molar-refractivity contribution is -0.137. The van der Waals surface area contributed by atoms with Crippen LogP contribution in [-0.4, -0.2) is 42.1 Å². The van der Waals surface area contributed by atoms with Gasteiger partial charge in [-0.1, -0.05) is 0 Å². The standard InChI is InChI=1S/C14H19NO5/c1-9-12(14(17)18)7-11(20-9)8-15(2)13(16)10-3-5-19-6-4-10/h7,10H,3-6,8H2,1-2H3,(H,17,18). The van der Waals surface area contributed by atoms with Crippen molar-refractivity contribution in [3.8, 4) is 0 Å². The van der Waals surface area contributed by atoms with Crippen molar-refractivity contribution in [2.24, 2.45) is 5.92 Å². The minimum Gasteiger partial charge on any atom is -0.478 e. The zero-order valence-corrected chi connectivity index (χ0v) is 11.7. The van der Waals surface area contributed by atoms with E-state index in [1.54, 1.807) is 18.9 Å². The highest BCUT2D eigenvalue weighted by Crippen LogP contribution is 2.20. The van der Waals surface area contributed by atoms with Crippen LogP contribution >= 0.6 is 0 Å². The fourth-order valence-electron chi connectivity index (χ4n) is 2.40. The second-order valence-corrected chi connectivity index (χ2v) is 5.07. The van der Waals surface area contributed by atoms with E-state index in [1.165, 1.54) is 6.07 Å². The van der Waals surface area contributed by atoms with E-state index < -0.39 is 5.97 Å². The molecule has 0 aliphatic carbocycles. The maximum atomic E-state index is 12.2. The molecule has 110 valence electrons. The summed E-state index contributed by atoms with van der Waals surface area (Å²) in [5.74, 6) is -0.124. The smallest absolute Gasteiger partial charge is 0.339 e. The Balaban J connectivity index is 1.99. The molecule has 1 amide bonds. The summed E-state index contributed by atoms with van der Waals surface area (Å²) in [5, 5.41) is 8.97. The van der Waals surface area contributed by atoms with Crippen molar-refractivity contribution in [2.75, 3.05) is 20.3 Å². The van der Waals surface area contributed by atoms with Gasteiger partial charge in [0.2, 0.25) is 5.91 Å². The Hall–Kier alpha value is -1.82. The molecule has 1 aromatic heterocycles. The molecule has 0 aromatic carbocycles. The summed E-state index contributed by atoms with van der Waals surface area (Å²) in [6.07, 6.45) is 1.47. The monoisotopic (exact) mass is 281 g/mol. The lowest BCUT2D eigenvalue weighted by Gasteiger charge is -2.26. The van der Waals surface area contributed by atoms with Gasteiger partial charge in [-0.05, 0) is 25.8 Å². The van der Waals surface area contributed by atoms with Crippen LogP contribution in [0.1, 0.15) is 34.7 Å². The molecule has 0 atom stereocenters. The molecule has 1 N–H and O–H groups in total. The average molecular weight is 281 g/mol. The highest BCUT2D eigenvalue weighted by atomic mass is 16.5. The molecular weight excluding hydrogens is 262 g/mol. The van der Waals surface area contributed by atoms with Crippen LogP contribution in [0.2, 0.25) is 0 Å². The SMILES string of the molecule is Cc1oc(CN(C)C(=O)C2CCOCC2)cc1C(=O)O. The highest BCUT2D eigenvalue weighted by molar-refractivity contribution is 5.88. The molecule has 1 aromatic rings. The van der Waals surface area contributed by atoms with E-state index in [1.807, 2.05) is 0 Å². The van der Waals surface area contributed by atoms with Crippen LogP contribution in [0.4, 0.5) is 0 Å². The molecular formula is C14H19NO5. The third-order valence-electron chi connectivity index (χ3n) is 3.54. The lowest BCUT2D eigenvalue weighted by atomic mass is 9.99. The number of carboxylic acid groups (broad SMARTS) is 1. The van der Waals surface area contributed by atoms with E-state index in [-0.39, 0.29) is 23.9 Å². The van der Waals surface area contributed by atoms with Crippen molar-refractivity contribution in [3.63, 3.8) is 0 Å². The summed E-state index contributed by atoms with van der Waals surface area (Å²) >= 11 is 0. The lowest BCUT2D eigenvalue weighted by Crippen LogP contribution is -2.35. The number of amides is 1. The van der Waals surface area contributed by atoms with Gasteiger partial charge < -0.3 is 19.2 Å². The molecule has 0 spiro atoms.